The SMILES string of the molecule is CCCc1ccc(OC(=O)Oc2ccccc2)cc1. The van der Waals surface area contributed by atoms with Crippen molar-refractivity contribution in [1.82, 2.24) is 0 Å². The second kappa shape index (κ2) is 6.59. The van der Waals surface area contributed by atoms with E-state index in [0.717, 1.165) is 12.8 Å². The summed E-state index contributed by atoms with van der Waals surface area (Å²) in [7, 11) is 0. The summed E-state index contributed by atoms with van der Waals surface area (Å²) >= 11 is 0. The standard InChI is InChI=1S/C16H16O3/c1-2-6-13-9-11-15(12-10-13)19-16(17)18-14-7-4-3-5-8-14/h3-5,7-12H,2,6H2,1H3. The summed E-state index contributed by atoms with van der Waals surface area (Å²) in [6.45, 7) is 2.13. The molecule has 0 amide bonds. The molecule has 0 bridgehead atoms. The number of carbonyl (C=O) groups excluding carboxylic acids is 1. The fourth-order valence-corrected chi connectivity index (χ4v) is 1.71. The highest BCUT2D eigenvalue weighted by Gasteiger charge is 2.07. The van der Waals surface area contributed by atoms with Gasteiger partial charge in [-0.1, -0.05) is 43.7 Å². The Balaban J connectivity index is 1.91. The van der Waals surface area contributed by atoms with Gasteiger partial charge in [0, 0.05) is 0 Å². The van der Waals surface area contributed by atoms with E-state index in [4.69, 9.17) is 9.47 Å². The van der Waals surface area contributed by atoms with Crippen LogP contribution in [-0.2, 0) is 6.42 Å². The van der Waals surface area contributed by atoms with Crippen molar-refractivity contribution in [3.8, 4) is 11.5 Å². The van der Waals surface area contributed by atoms with Crippen molar-refractivity contribution in [2.45, 2.75) is 19.8 Å². The third-order valence-electron chi connectivity index (χ3n) is 2.61. The fraction of sp³-hybridized carbons (Fsp3) is 0.188. The van der Waals surface area contributed by atoms with E-state index in [1.54, 1.807) is 36.4 Å². The second-order valence-corrected chi connectivity index (χ2v) is 4.16. The van der Waals surface area contributed by atoms with E-state index in [-0.39, 0.29) is 0 Å². The highest BCUT2D eigenvalue weighted by Crippen LogP contribution is 2.15. The zero-order valence-electron chi connectivity index (χ0n) is 10.8. The second-order valence-electron chi connectivity index (χ2n) is 4.16. The Bertz CT molecular complexity index is 517. The van der Waals surface area contributed by atoms with Crippen LogP contribution in [-0.4, -0.2) is 6.16 Å². The lowest BCUT2D eigenvalue weighted by Gasteiger charge is -2.06. The Kier molecular flexibility index (Phi) is 4.56. The Morgan fingerprint density at radius 1 is 0.895 bits per heavy atom. The average Bonchev–Trinajstić information content (AvgIpc) is 2.42. The largest absolute Gasteiger partial charge is 0.519 e. The van der Waals surface area contributed by atoms with Crippen LogP contribution >= 0.6 is 0 Å². The molecule has 0 aromatic heterocycles. The van der Waals surface area contributed by atoms with Crippen LogP contribution in [0.5, 0.6) is 11.5 Å². The summed E-state index contributed by atoms with van der Waals surface area (Å²) in [5.74, 6) is 0.955. The maximum atomic E-state index is 11.5. The van der Waals surface area contributed by atoms with Crippen LogP contribution in [0.25, 0.3) is 0 Å². The molecule has 0 heterocycles. The van der Waals surface area contributed by atoms with Gasteiger partial charge >= 0.3 is 6.16 Å². The smallest absolute Gasteiger partial charge is 0.395 e. The molecule has 2 aromatic carbocycles. The summed E-state index contributed by atoms with van der Waals surface area (Å²) in [5, 5.41) is 0. The van der Waals surface area contributed by atoms with Gasteiger partial charge in [-0.2, -0.15) is 0 Å². The molecule has 0 saturated heterocycles. The molecule has 0 atom stereocenters. The van der Waals surface area contributed by atoms with Crippen molar-refractivity contribution in [2.75, 3.05) is 0 Å². The van der Waals surface area contributed by atoms with E-state index in [9.17, 15) is 4.79 Å². The van der Waals surface area contributed by atoms with Crippen molar-refractivity contribution in [1.29, 1.82) is 0 Å². The van der Waals surface area contributed by atoms with Gasteiger partial charge in [0.05, 0.1) is 0 Å². The summed E-state index contributed by atoms with van der Waals surface area (Å²) in [5.41, 5.74) is 1.23. The van der Waals surface area contributed by atoms with E-state index in [1.807, 2.05) is 18.2 Å². The van der Waals surface area contributed by atoms with Crippen LogP contribution in [0.2, 0.25) is 0 Å². The first-order valence-electron chi connectivity index (χ1n) is 6.31. The normalized spacial score (nSPS) is 9.95. The molecule has 0 fully saturated rings. The lowest BCUT2D eigenvalue weighted by atomic mass is 10.1. The molecule has 2 aromatic rings. The fourth-order valence-electron chi connectivity index (χ4n) is 1.71. The van der Waals surface area contributed by atoms with Crippen LogP contribution in [0.1, 0.15) is 18.9 Å². The molecule has 0 saturated carbocycles. The molecule has 0 N–H and O–H groups in total. The molecule has 3 nitrogen and oxygen atoms in total. The number of aryl methyl sites for hydroxylation is 1. The molecular weight excluding hydrogens is 240 g/mol. The van der Waals surface area contributed by atoms with Gasteiger partial charge in [-0.15, -0.1) is 0 Å². The van der Waals surface area contributed by atoms with Crippen molar-refractivity contribution in [3.05, 3.63) is 60.2 Å². The van der Waals surface area contributed by atoms with E-state index < -0.39 is 6.16 Å². The number of benzene rings is 2. The predicted molar refractivity (Wildman–Crippen MR) is 73.5 cm³/mol. The Morgan fingerprint density at radius 2 is 1.47 bits per heavy atom. The predicted octanol–water partition coefficient (Wildman–Crippen LogP) is 4.22. The maximum absolute atomic E-state index is 11.5. The van der Waals surface area contributed by atoms with Crippen LogP contribution in [0.15, 0.2) is 54.6 Å². The molecule has 0 aliphatic rings. The lowest BCUT2D eigenvalue weighted by molar-refractivity contribution is 0.152. The van der Waals surface area contributed by atoms with Gasteiger partial charge in [0.25, 0.3) is 0 Å². The minimum Gasteiger partial charge on any atom is -0.395 e. The number of carbonyl (C=O) groups is 1. The minimum absolute atomic E-state index is 0.468. The molecular formula is C16H16O3. The molecule has 0 radical (unpaired) electrons. The van der Waals surface area contributed by atoms with Gasteiger partial charge in [-0.3, -0.25) is 0 Å². The van der Waals surface area contributed by atoms with Gasteiger partial charge in [-0.25, -0.2) is 4.79 Å². The Labute approximate surface area is 112 Å². The third-order valence-corrected chi connectivity index (χ3v) is 2.61. The van der Waals surface area contributed by atoms with Gasteiger partial charge in [0.2, 0.25) is 0 Å². The zero-order chi connectivity index (χ0) is 13.5. The van der Waals surface area contributed by atoms with E-state index in [1.165, 1.54) is 5.56 Å². The number of hydrogen-bond donors (Lipinski definition) is 0. The zero-order valence-corrected chi connectivity index (χ0v) is 10.8. The van der Waals surface area contributed by atoms with Crippen molar-refractivity contribution in [2.24, 2.45) is 0 Å². The maximum Gasteiger partial charge on any atom is 0.519 e. The minimum atomic E-state index is -0.727. The number of para-hydroxylation sites is 1. The number of hydrogen-bond acceptors (Lipinski definition) is 3. The van der Waals surface area contributed by atoms with Crippen molar-refractivity contribution < 1.29 is 14.3 Å². The van der Waals surface area contributed by atoms with Crippen LogP contribution in [0, 0.1) is 0 Å². The summed E-state index contributed by atoms with van der Waals surface area (Å²) in [4.78, 5) is 11.5. The highest BCUT2D eigenvalue weighted by molar-refractivity contribution is 5.67. The Hall–Kier alpha value is -2.29. The van der Waals surface area contributed by atoms with Gasteiger partial charge in [0.15, 0.2) is 0 Å². The van der Waals surface area contributed by atoms with E-state index in [2.05, 4.69) is 6.92 Å². The van der Waals surface area contributed by atoms with E-state index in [0.29, 0.717) is 11.5 Å². The quantitative estimate of drug-likeness (QED) is 0.607. The number of ether oxygens (including phenoxy) is 2. The molecule has 0 aliphatic carbocycles. The molecule has 2 rings (SSSR count). The first-order valence-corrected chi connectivity index (χ1v) is 6.31. The molecule has 19 heavy (non-hydrogen) atoms. The molecule has 0 unspecified atom stereocenters. The molecule has 3 heteroatoms. The van der Waals surface area contributed by atoms with Crippen LogP contribution in [0.3, 0.4) is 0 Å². The first-order chi connectivity index (χ1) is 9.28. The Morgan fingerprint density at radius 3 is 2.05 bits per heavy atom. The topological polar surface area (TPSA) is 35.5 Å². The van der Waals surface area contributed by atoms with Gasteiger partial charge < -0.3 is 9.47 Å². The highest BCUT2D eigenvalue weighted by atomic mass is 16.7. The van der Waals surface area contributed by atoms with Crippen molar-refractivity contribution in [3.63, 3.8) is 0 Å². The monoisotopic (exact) mass is 256 g/mol. The summed E-state index contributed by atoms with van der Waals surface area (Å²) in [6, 6.07) is 16.3. The summed E-state index contributed by atoms with van der Waals surface area (Å²) < 4.78 is 10.1. The third kappa shape index (κ3) is 4.14. The van der Waals surface area contributed by atoms with Gasteiger partial charge in [-0.05, 0) is 36.2 Å². The van der Waals surface area contributed by atoms with Crippen molar-refractivity contribution >= 4 is 6.16 Å². The van der Waals surface area contributed by atoms with Crippen LogP contribution in [0.4, 0.5) is 4.79 Å². The van der Waals surface area contributed by atoms with E-state index >= 15 is 0 Å². The van der Waals surface area contributed by atoms with Gasteiger partial charge in [0.1, 0.15) is 11.5 Å². The molecule has 0 spiro atoms. The lowest BCUT2D eigenvalue weighted by Crippen LogP contribution is -2.13. The van der Waals surface area contributed by atoms with Crippen LogP contribution < -0.4 is 9.47 Å². The number of rotatable bonds is 4. The average molecular weight is 256 g/mol. The molecule has 98 valence electrons. The first kappa shape index (κ1) is 13.1. The summed E-state index contributed by atoms with van der Waals surface area (Å²) in [6.07, 6.45) is 1.39. The molecule has 0 aliphatic heterocycles.